The summed E-state index contributed by atoms with van der Waals surface area (Å²) in [4.78, 5) is 0. The second-order valence-corrected chi connectivity index (χ2v) is 11.6. The van der Waals surface area contributed by atoms with Gasteiger partial charge < -0.3 is 34.3 Å². The molecule has 0 bridgehead atoms. The average Bonchev–Trinajstić information content (AvgIpc) is 3.49. The topological polar surface area (TPSA) is 97.6 Å². The monoisotopic (exact) mass is 450 g/mol. The highest BCUT2D eigenvalue weighted by atomic mass is 16.8. The van der Waals surface area contributed by atoms with Crippen molar-refractivity contribution in [2.45, 2.75) is 82.1 Å². The summed E-state index contributed by atoms with van der Waals surface area (Å²) in [6.07, 6.45) is 7.30. The van der Waals surface area contributed by atoms with Crippen LogP contribution in [0.4, 0.5) is 0 Å². The van der Waals surface area contributed by atoms with E-state index in [2.05, 4.69) is 19.9 Å². The predicted octanol–water partition coefficient (Wildman–Crippen LogP) is 2.13. The van der Waals surface area contributed by atoms with Gasteiger partial charge >= 0.3 is 0 Å². The fraction of sp³-hybridized carbons (Fsp3) is 0.920. The normalized spacial score (nSPS) is 51.2. The molecular formula is C25H38O7. The molecule has 0 unspecified atom stereocenters. The highest BCUT2D eigenvalue weighted by Gasteiger charge is 2.73. The predicted molar refractivity (Wildman–Crippen MR) is 114 cm³/mol. The molecule has 180 valence electrons. The van der Waals surface area contributed by atoms with E-state index in [1.165, 1.54) is 5.57 Å². The molecule has 6 aliphatic rings. The Kier molecular flexibility index (Phi) is 4.80. The molecule has 6 rings (SSSR count). The van der Waals surface area contributed by atoms with Crippen molar-refractivity contribution in [2.75, 3.05) is 33.0 Å². The minimum atomic E-state index is -1.39. The van der Waals surface area contributed by atoms with Crippen LogP contribution < -0.4 is 0 Å². The van der Waals surface area contributed by atoms with E-state index in [0.717, 1.165) is 32.1 Å². The van der Waals surface area contributed by atoms with Crippen LogP contribution in [0.15, 0.2) is 11.6 Å². The van der Waals surface area contributed by atoms with E-state index in [-0.39, 0.29) is 23.9 Å². The van der Waals surface area contributed by atoms with Gasteiger partial charge in [-0.1, -0.05) is 19.4 Å². The van der Waals surface area contributed by atoms with Crippen LogP contribution in [0.25, 0.3) is 0 Å². The molecule has 32 heavy (non-hydrogen) atoms. The van der Waals surface area contributed by atoms with Gasteiger partial charge in [-0.2, -0.15) is 0 Å². The Labute approximate surface area is 190 Å². The van der Waals surface area contributed by atoms with E-state index >= 15 is 0 Å². The average molecular weight is 451 g/mol. The Hall–Kier alpha value is -0.540. The molecule has 2 saturated heterocycles. The van der Waals surface area contributed by atoms with Crippen molar-refractivity contribution in [3.05, 3.63) is 11.6 Å². The Morgan fingerprint density at radius 2 is 1.66 bits per heavy atom. The molecular weight excluding hydrogens is 412 g/mol. The quantitative estimate of drug-likeness (QED) is 0.555. The van der Waals surface area contributed by atoms with Crippen molar-refractivity contribution in [1.82, 2.24) is 0 Å². The zero-order valence-electron chi connectivity index (χ0n) is 19.3. The second-order valence-electron chi connectivity index (χ2n) is 11.6. The zero-order valence-corrected chi connectivity index (χ0v) is 19.3. The van der Waals surface area contributed by atoms with Crippen LogP contribution in [-0.4, -0.2) is 71.6 Å². The van der Waals surface area contributed by atoms with Gasteiger partial charge in [-0.3, -0.25) is 0 Å². The summed E-state index contributed by atoms with van der Waals surface area (Å²) < 4.78 is 23.7. The van der Waals surface area contributed by atoms with E-state index in [0.29, 0.717) is 45.2 Å². The summed E-state index contributed by atoms with van der Waals surface area (Å²) >= 11 is 0. The summed E-state index contributed by atoms with van der Waals surface area (Å²) in [5, 5.41) is 34.0. The maximum Gasteiger partial charge on any atom is 0.222 e. The molecule has 0 aromatic carbocycles. The van der Waals surface area contributed by atoms with Gasteiger partial charge in [-0.15, -0.1) is 0 Å². The summed E-state index contributed by atoms with van der Waals surface area (Å²) in [6.45, 7) is 6.07. The van der Waals surface area contributed by atoms with Crippen LogP contribution in [-0.2, 0) is 18.9 Å². The molecule has 0 aromatic rings. The largest absolute Gasteiger partial charge is 0.393 e. The van der Waals surface area contributed by atoms with Gasteiger partial charge in [0.2, 0.25) is 5.79 Å². The smallest absolute Gasteiger partial charge is 0.222 e. The van der Waals surface area contributed by atoms with Gasteiger partial charge in [0.25, 0.3) is 0 Å². The maximum atomic E-state index is 12.1. The van der Waals surface area contributed by atoms with E-state index in [4.69, 9.17) is 18.9 Å². The SMILES string of the molecule is C[C@]12CCC3(C=C1CC[C@@H]1[C@@H]2[C@@H](O)C[C@@]2(C)[C@H]1CC[C@]2(O)C1(CO)OCCO1)OCCO3. The second kappa shape index (κ2) is 7.00. The minimum absolute atomic E-state index is 0.0834. The van der Waals surface area contributed by atoms with Crippen molar-refractivity contribution in [2.24, 2.45) is 28.6 Å². The van der Waals surface area contributed by atoms with E-state index in [9.17, 15) is 15.3 Å². The molecule has 5 fully saturated rings. The maximum absolute atomic E-state index is 12.1. The van der Waals surface area contributed by atoms with Crippen molar-refractivity contribution < 1.29 is 34.3 Å². The number of ether oxygens (including phenoxy) is 4. The van der Waals surface area contributed by atoms with E-state index in [1.54, 1.807) is 0 Å². The number of aliphatic hydroxyl groups excluding tert-OH is 2. The summed E-state index contributed by atoms with van der Waals surface area (Å²) in [6, 6.07) is 0. The first-order valence-corrected chi connectivity index (χ1v) is 12.5. The Bertz CT molecular complexity index is 800. The van der Waals surface area contributed by atoms with Gasteiger partial charge in [0.15, 0.2) is 5.79 Å². The van der Waals surface area contributed by atoms with Crippen molar-refractivity contribution in [3.8, 4) is 0 Å². The third-order valence-corrected chi connectivity index (χ3v) is 10.6. The van der Waals surface area contributed by atoms with Crippen molar-refractivity contribution in [1.29, 1.82) is 0 Å². The lowest BCUT2D eigenvalue weighted by molar-refractivity contribution is -0.324. The molecule has 0 amide bonds. The molecule has 7 nitrogen and oxygen atoms in total. The van der Waals surface area contributed by atoms with Crippen LogP contribution in [0.5, 0.6) is 0 Å². The summed E-state index contributed by atoms with van der Waals surface area (Å²) in [5.74, 6) is -1.23. The lowest BCUT2D eigenvalue weighted by Crippen LogP contribution is -2.68. The Morgan fingerprint density at radius 1 is 0.969 bits per heavy atom. The molecule has 0 aromatic heterocycles. The number of allylic oxidation sites excluding steroid dienone is 1. The molecule has 7 atom stereocenters. The standard InChI is InChI=1S/C25H38O7/c1-21-7-8-23(29-9-10-30-23)13-16(21)3-4-17-18-5-6-24(28,25(15-26)31-11-12-32-25)22(18,2)14-19(27)20(17)21/h13,17-20,26-28H,3-12,14-15H2,1-2H3/t17-,18-,19-,20+,21-,22-,24+/m0/s1. The third-order valence-electron chi connectivity index (χ3n) is 10.6. The van der Waals surface area contributed by atoms with Gasteiger partial charge in [-0.25, -0.2) is 0 Å². The molecule has 2 aliphatic heterocycles. The number of rotatable bonds is 2. The van der Waals surface area contributed by atoms with Crippen LogP contribution in [0.1, 0.15) is 58.8 Å². The molecule has 3 N–H and O–H groups in total. The number of hydrogen-bond acceptors (Lipinski definition) is 7. The minimum Gasteiger partial charge on any atom is -0.393 e. The third kappa shape index (κ3) is 2.56. The first-order valence-electron chi connectivity index (χ1n) is 12.5. The van der Waals surface area contributed by atoms with Crippen LogP contribution >= 0.6 is 0 Å². The fourth-order valence-electron chi connectivity index (χ4n) is 9.05. The molecule has 3 saturated carbocycles. The number of fused-ring (bicyclic) bond motifs is 5. The Morgan fingerprint density at radius 3 is 2.34 bits per heavy atom. The van der Waals surface area contributed by atoms with Gasteiger partial charge in [-0.05, 0) is 67.8 Å². The number of aliphatic hydroxyl groups is 3. The summed E-state index contributed by atoms with van der Waals surface area (Å²) in [7, 11) is 0. The van der Waals surface area contributed by atoms with Crippen molar-refractivity contribution in [3.63, 3.8) is 0 Å². The highest BCUT2D eigenvalue weighted by Crippen LogP contribution is 2.70. The highest BCUT2D eigenvalue weighted by molar-refractivity contribution is 5.29. The van der Waals surface area contributed by atoms with Crippen LogP contribution in [0.2, 0.25) is 0 Å². The fourth-order valence-corrected chi connectivity index (χ4v) is 9.05. The van der Waals surface area contributed by atoms with Crippen LogP contribution in [0.3, 0.4) is 0 Å². The van der Waals surface area contributed by atoms with Gasteiger partial charge in [0.1, 0.15) is 12.2 Å². The molecule has 0 radical (unpaired) electrons. The summed E-state index contributed by atoms with van der Waals surface area (Å²) in [5.41, 5.74) is -0.607. The first-order chi connectivity index (χ1) is 15.2. The first kappa shape index (κ1) is 22.0. The Balaban J connectivity index is 1.35. The molecule has 4 aliphatic carbocycles. The van der Waals surface area contributed by atoms with Gasteiger partial charge in [0.05, 0.1) is 32.5 Å². The van der Waals surface area contributed by atoms with Gasteiger partial charge in [0, 0.05) is 11.8 Å². The van der Waals surface area contributed by atoms with Crippen LogP contribution in [0, 0.1) is 28.6 Å². The van der Waals surface area contributed by atoms with E-state index < -0.39 is 28.7 Å². The van der Waals surface area contributed by atoms with Crippen molar-refractivity contribution >= 4 is 0 Å². The van der Waals surface area contributed by atoms with E-state index in [1.807, 2.05) is 0 Å². The zero-order chi connectivity index (χ0) is 22.4. The molecule has 1 spiro atoms. The molecule has 7 heteroatoms. The lowest BCUT2D eigenvalue weighted by Gasteiger charge is -2.62. The number of hydrogen-bond donors (Lipinski definition) is 3. The lowest BCUT2D eigenvalue weighted by atomic mass is 9.45. The molecule has 2 heterocycles.